The zero-order valence-corrected chi connectivity index (χ0v) is 21.7. The van der Waals surface area contributed by atoms with Gasteiger partial charge in [-0.25, -0.2) is 4.39 Å². The molecule has 0 aromatic heterocycles. The molecule has 2 amide bonds. The van der Waals surface area contributed by atoms with E-state index in [1.54, 1.807) is 31.3 Å². The zero-order chi connectivity index (χ0) is 26.6. The number of ether oxygens (including phenoxy) is 2. The lowest BCUT2D eigenvalue weighted by Gasteiger charge is -2.31. The Morgan fingerprint density at radius 3 is 2.22 bits per heavy atom. The number of rotatable bonds is 13. The number of carbonyl (C=O) groups is 2. The van der Waals surface area contributed by atoms with Crippen LogP contribution in [0, 0.1) is 5.82 Å². The molecule has 0 radical (unpaired) electrons. The molecule has 3 rings (SSSR count). The summed E-state index contributed by atoms with van der Waals surface area (Å²) in [6.45, 7) is 2.55. The second-order valence-electron chi connectivity index (χ2n) is 8.83. The Kier molecular flexibility index (Phi) is 10.5. The number of methoxy groups -OCH3 is 2. The summed E-state index contributed by atoms with van der Waals surface area (Å²) >= 11 is 0. The first-order valence-electron chi connectivity index (χ1n) is 12.5. The fourth-order valence-corrected chi connectivity index (χ4v) is 4.18. The summed E-state index contributed by atoms with van der Waals surface area (Å²) in [4.78, 5) is 28.4. The molecule has 1 unspecified atom stereocenters. The maximum atomic E-state index is 13.5. The van der Waals surface area contributed by atoms with Gasteiger partial charge >= 0.3 is 0 Å². The highest BCUT2D eigenvalue weighted by Gasteiger charge is 2.29. The van der Waals surface area contributed by atoms with Gasteiger partial charge in [0.2, 0.25) is 11.8 Å². The van der Waals surface area contributed by atoms with Crippen LogP contribution in [-0.2, 0) is 29.0 Å². The van der Waals surface area contributed by atoms with Crippen molar-refractivity contribution in [1.82, 2.24) is 10.2 Å². The first-order chi connectivity index (χ1) is 17.9. The minimum Gasteiger partial charge on any atom is -0.493 e. The lowest BCUT2D eigenvalue weighted by atomic mass is 10.0. The molecular weight excluding hydrogens is 471 g/mol. The molecule has 0 saturated heterocycles. The number of halogens is 1. The van der Waals surface area contributed by atoms with E-state index in [4.69, 9.17) is 9.47 Å². The zero-order valence-electron chi connectivity index (χ0n) is 21.7. The molecule has 196 valence electrons. The molecule has 0 fully saturated rings. The molecular formula is C30H35FN2O4. The fraction of sp³-hybridized carbons (Fsp3) is 0.333. The average molecular weight is 507 g/mol. The second kappa shape index (κ2) is 14.0. The summed E-state index contributed by atoms with van der Waals surface area (Å²) in [6.07, 6.45) is 1.95. The second-order valence-corrected chi connectivity index (χ2v) is 8.83. The van der Waals surface area contributed by atoms with Crippen molar-refractivity contribution < 1.29 is 23.5 Å². The normalized spacial score (nSPS) is 11.5. The summed E-state index contributed by atoms with van der Waals surface area (Å²) in [6, 6.07) is 20.6. The van der Waals surface area contributed by atoms with Crippen molar-refractivity contribution in [3.63, 3.8) is 0 Å². The van der Waals surface area contributed by atoms with Gasteiger partial charge in [-0.05, 0) is 53.8 Å². The van der Waals surface area contributed by atoms with E-state index in [0.717, 1.165) is 16.7 Å². The van der Waals surface area contributed by atoms with E-state index in [0.29, 0.717) is 43.7 Å². The molecule has 0 spiro atoms. The Morgan fingerprint density at radius 1 is 0.892 bits per heavy atom. The Bertz CT molecular complexity index is 1150. The number of nitrogens with one attached hydrogen (secondary N) is 1. The van der Waals surface area contributed by atoms with Gasteiger partial charge in [-0.1, -0.05) is 55.5 Å². The van der Waals surface area contributed by atoms with E-state index in [1.807, 2.05) is 55.5 Å². The van der Waals surface area contributed by atoms with E-state index < -0.39 is 6.04 Å². The monoisotopic (exact) mass is 506 g/mol. The minimum absolute atomic E-state index is 0.109. The Morgan fingerprint density at radius 2 is 1.57 bits per heavy atom. The number of hydrogen-bond acceptors (Lipinski definition) is 4. The lowest BCUT2D eigenvalue weighted by Crippen LogP contribution is -2.50. The topological polar surface area (TPSA) is 67.9 Å². The van der Waals surface area contributed by atoms with Crippen LogP contribution in [0.25, 0.3) is 0 Å². The van der Waals surface area contributed by atoms with Crippen molar-refractivity contribution in [2.24, 2.45) is 0 Å². The van der Waals surface area contributed by atoms with Gasteiger partial charge in [-0.2, -0.15) is 0 Å². The van der Waals surface area contributed by atoms with Crippen LogP contribution < -0.4 is 14.8 Å². The van der Waals surface area contributed by atoms with E-state index in [9.17, 15) is 14.0 Å². The number of hydrogen-bond donors (Lipinski definition) is 1. The average Bonchev–Trinajstić information content (AvgIpc) is 2.92. The van der Waals surface area contributed by atoms with Gasteiger partial charge in [-0.3, -0.25) is 9.59 Å². The van der Waals surface area contributed by atoms with Gasteiger partial charge in [0.25, 0.3) is 0 Å². The quantitative estimate of drug-likeness (QED) is 0.357. The van der Waals surface area contributed by atoms with Gasteiger partial charge in [-0.15, -0.1) is 0 Å². The largest absolute Gasteiger partial charge is 0.493 e. The highest BCUT2D eigenvalue weighted by atomic mass is 19.1. The van der Waals surface area contributed by atoms with Crippen molar-refractivity contribution in [1.29, 1.82) is 0 Å². The van der Waals surface area contributed by atoms with Gasteiger partial charge in [0.15, 0.2) is 11.5 Å². The predicted molar refractivity (Wildman–Crippen MR) is 142 cm³/mol. The highest BCUT2D eigenvalue weighted by molar-refractivity contribution is 5.88. The molecule has 3 aromatic rings. The minimum atomic E-state index is -0.711. The number of nitrogens with zero attached hydrogens (tertiary/aromatic N) is 1. The van der Waals surface area contributed by atoms with Crippen LogP contribution in [0.2, 0.25) is 0 Å². The van der Waals surface area contributed by atoms with Crippen LogP contribution in [0.1, 0.15) is 36.5 Å². The number of benzene rings is 3. The van der Waals surface area contributed by atoms with Gasteiger partial charge in [0.05, 0.1) is 14.2 Å². The van der Waals surface area contributed by atoms with Gasteiger partial charge in [0, 0.05) is 25.9 Å². The molecule has 0 aliphatic carbocycles. The Hall–Kier alpha value is -3.87. The van der Waals surface area contributed by atoms with Crippen molar-refractivity contribution >= 4 is 11.8 Å². The molecule has 0 saturated carbocycles. The fourth-order valence-electron chi connectivity index (χ4n) is 4.18. The standard InChI is InChI=1S/C30H35FN2O4/c1-4-8-29(34)33(21-24-11-14-25(31)15-12-24)26(19-22-9-6-5-7-10-22)30(35)32-18-17-23-13-16-27(36-2)28(20-23)37-3/h5-7,9-16,20,26H,4,8,17-19,21H2,1-3H3,(H,32,35). The van der Waals surface area contributed by atoms with Crippen molar-refractivity contribution in [3.05, 3.63) is 95.3 Å². The molecule has 3 aromatic carbocycles. The molecule has 6 nitrogen and oxygen atoms in total. The van der Waals surface area contributed by atoms with Crippen LogP contribution in [0.3, 0.4) is 0 Å². The molecule has 0 heterocycles. The SMILES string of the molecule is CCCC(=O)N(Cc1ccc(F)cc1)C(Cc1ccccc1)C(=O)NCCc1ccc(OC)c(OC)c1. The molecule has 0 aliphatic heterocycles. The van der Waals surface area contributed by atoms with E-state index in [2.05, 4.69) is 5.32 Å². The Balaban J connectivity index is 1.80. The predicted octanol–water partition coefficient (Wildman–Crippen LogP) is 4.94. The summed E-state index contributed by atoms with van der Waals surface area (Å²) in [5.74, 6) is 0.593. The van der Waals surface area contributed by atoms with Crippen LogP contribution in [0.5, 0.6) is 11.5 Å². The van der Waals surface area contributed by atoms with Crippen molar-refractivity contribution in [2.75, 3.05) is 20.8 Å². The van der Waals surface area contributed by atoms with Crippen LogP contribution in [-0.4, -0.2) is 43.5 Å². The third kappa shape index (κ3) is 8.07. The lowest BCUT2D eigenvalue weighted by molar-refractivity contribution is -0.141. The first-order valence-corrected chi connectivity index (χ1v) is 12.5. The third-order valence-corrected chi connectivity index (χ3v) is 6.16. The van der Waals surface area contributed by atoms with Crippen LogP contribution in [0.15, 0.2) is 72.8 Å². The maximum Gasteiger partial charge on any atom is 0.243 e. The summed E-state index contributed by atoms with van der Waals surface area (Å²) in [5, 5.41) is 3.03. The highest BCUT2D eigenvalue weighted by Crippen LogP contribution is 2.27. The Labute approximate surface area is 218 Å². The molecule has 1 atom stereocenters. The molecule has 1 N–H and O–H groups in total. The van der Waals surface area contributed by atoms with Gasteiger partial charge in [0.1, 0.15) is 11.9 Å². The van der Waals surface area contributed by atoms with E-state index in [-0.39, 0.29) is 24.2 Å². The molecule has 0 bridgehead atoms. The van der Waals surface area contributed by atoms with E-state index >= 15 is 0 Å². The molecule has 0 aliphatic rings. The first kappa shape index (κ1) is 27.7. The summed E-state index contributed by atoms with van der Waals surface area (Å²) < 4.78 is 24.2. The summed E-state index contributed by atoms with van der Waals surface area (Å²) in [7, 11) is 3.17. The van der Waals surface area contributed by atoms with Gasteiger partial charge < -0.3 is 19.7 Å². The molecule has 37 heavy (non-hydrogen) atoms. The van der Waals surface area contributed by atoms with Crippen molar-refractivity contribution in [2.45, 2.75) is 45.2 Å². The van der Waals surface area contributed by atoms with Crippen molar-refractivity contribution in [3.8, 4) is 11.5 Å². The van der Waals surface area contributed by atoms with Crippen LogP contribution in [0.4, 0.5) is 4.39 Å². The molecule has 7 heteroatoms. The summed E-state index contributed by atoms with van der Waals surface area (Å²) in [5.41, 5.74) is 2.71. The number of carbonyl (C=O) groups excluding carboxylic acids is 2. The smallest absolute Gasteiger partial charge is 0.243 e. The van der Waals surface area contributed by atoms with E-state index in [1.165, 1.54) is 12.1 Å². The maximum absolute atomic E-state index is 13.5. The van der Waals surface area contributed by atoms with Crippen LogP contribution >= 0.6 is 0 Å². The third-order valence-electron chi connectivity index (χ3n) is 6.16. The number of amides is 2.